The third kappa shape index (κ3) is 3.28. The molecule has 1 heterocycles. The third-order valence-electron chi connectivity index (χ3n) is 2.25. The number of rotatable bonds is 5. The van der Waals surface area contributed by atoms with E-state index in [4.69, 9.17) is 4.74 Å². The zero-order valence-electron chi connectivity index (χ0n) is 9.31. The number of hydrogen-bond donors (Lipinski definition) is 1. The van der Waals surface area contributed by atoms with Gasteiger partial charge in [0.2, 0.25) is 6.39 Å². The van der Waals surface area contributed by atoms with E-state index < -0.39 is 0 Å². The predicted octanol–water partition coefficient (Wildman–Crippen LogP) is 2.13. The number of aromatic nitrogens is 2. The van der Waals surface area contributed by atoms with Crippen LogP contribution in [0, 0.1) is 0 Å². The zero-order valence-corrected chi connectivity index (χ0v) is 10.9. The molecule has 1 N–H and O–H groups in total. The van der Waals surface area contributed by atoms with Gasteiger partial charge in [-0.3, -0.25) is 0 Å². The second kappa shape index (κ2) is 5.79. The molecule has 1 aromatic carbocycles. The van der Waals surface area contributed by atoms with E-state index in [0.29, 0.717) is 18.9 Å². The lowest BCUT2D eigenvalue weighted by Gasteiger charge is -2.09. The number of benzene rings is 1. The first-order chi connectivity index (χ1) is 8.29. The monoisotopic (exact) mass is 297 g/mol. The topological polar surface area (TPSA) is 60.2 Å². The average Bonchev–Trinajstić information content (AvgIpc) is 2.82. The highest BCUT2D eigenvalue weighted by Gasteiger charge is 2.04. The van der Waals surface area contributed by atoms with Crippen LogP contribution in [0.2, 0.25) is 0 Å². The Kier molecular flexibility index (Phi) is 4.11. The van der Waals surface area contributed by atoms with Crippen LogP contribution >= 0.6 is 15.9 Å². The largest absolute Gasteiger partial charge is 0.496 e. The maximum atomic E-state index is 5.28. The Labute approximate surface area is 107 Å². The van der Waals surface area contributed by atoms with E-state index in [9.17, 15) is 0 Å². The number of ether oxygens (including phenoxy) is 1. The van der Waals surface area contributed by atoms with Crippen molar-refractivity contribution in [2.45, 2.75) is 13.1 Å². The molecule has 5 nitrogen and oxygen atoms in total. The molecule has 0 spiro atoms. The lowest BCUT2D eigenvalue weighted by molar-refractivity contribution is 0.403. The van der Waals surface area contributed by atoms with Crippen LogP contribution in [0.4, 0.5) is 0 Å². The molecular formula is C11H12BrN3O2. The van der Waals surface area contributed by atoms with Gasteiger partial charge in [0.15, 0.2) is 5.82 Å². The molecule has 0 unspecified atom stereocenters. The van der Waals surface area contributed by atoms with Crippen LogP contribution in [0.5, 0.6) is 5.75 Å². The third-order valence-corrected chi connectivity index (χ3v) is 2.74. The quantitative estimate of drug-likeness (QED) is 0.916. The van der Waals surface area contributed by atoms with Crippen molar-refractivity contribution in [2.24, 2.45) is 0 Å². The van der Waals surface area contributed by atoms with Gasteiger partial charge in [0.05, 0.1) is 13.7 Å². The molecule has 0 aliphatic carbocycles. The summed E-state index contributed by atoms with van der Waals surface area (Å²) >= 11 is 3.43. The summed E-state index contributed by atoms with van der Waals surface area (Å²) in [4.78, 5) is 3.93. The maximum Gasteiger partial charge on any atom is 0.213 e. The van der Waals surface area contributed by atoms with Crippen molar-refractivity contribution in [1.29, 1.82) is 0 Å². The minimum atomic E-state index is 0.562. The lowest BCUT2D eigenvalue weighted by Crippen LogP contribution is -2.14. The highest BCUT2D eigenvalue weighted by Crippen LogP contribution is 2.22. The standard InChI is InChI=1S/C11H12BrN3O2/c1-16-10-3-2-9(12)4-8(10)5-13-6-11-14-7-17-15-11/h2-4,7,13H,5-6H2,1H3. The van der Waals surface area contributed by atoms with E-state index in [2.05, 4.69) is 35.9 Å². The van der Waals surface area contributed by atoms with Crippen molar-refractivity contribution in [3.05, 3.63) is 40.5 Å². The van der Waals surface area contributed by atoms with Gasteiger partial charge >= 0.3 is 0 Å². The SMILES string of the molecule is COc1ccc(Br)cc1CNCc1ncon1. The normalized spacial score (nSPS) is 10.5. The van der Waals surface area contributed by atoms with Crippen LogP contribution in [0.25, 0.3) is 0 Å². The smallest absolute Gasteiger partial charge is 0.213 e. The van der Waals surface area contributed by atoms with Crippen molar-refractivity contribution in [3.63, 3.8) is 0 Å². The molecule has 0 radical (unpaired) electrons. The van der Waals surface area contributed by atoms with Gasteiger partial charge in [-0.2, -0.15) is 4.98 Å². The summed E-state index contributed by atoms with van der Waals surface area (Å²) in [7, 11) is 1.66. The Morgan fingerprint density at radius 2 is 2.29 bits per heavy atom. The molecular weight excluding hydrogens is 286 g/mol. The summed E-state index contributed by atoms with van der Waals surface area (Å²) in [6.45, 7) is 1.24. The molecule has 1 aromatic heterocycles. The van der Waals surface area contributed by atoms with E-state index in [-0.39, 0.29) is 0 Å². The molecule has 0 aliphatic heterocycles. The highest BCUT2D eigenvalue weighted by atomic mass is 79.9. The van der Waals surface area contributed by atoms with Gasteiger partial charge in [-0.15, -0.1) is 0 Å². The maximum absolute atomic E-state index is 5.28. The van der Waals surface area contributed by atoms with Crippen LogP contribution in [-0.2, 0) is 13.1 Å². The molecule has 2 rings (SSSR count). The first-order valence-electron chi connectivity index (χ1n) is 5.08. The summed E-state index contributed by atoms with van der Waals surface area (Å²) in [6, 6.07) is 5.89. The fourth-order valence-corrected chi connectivity index (χ4v) is 1.87. The predicted molar refractivity (Wildman–Crippen MR) is 65.5 cm³/mol. The van der Waals surface area contributed by atoms with Crippen LogP contribution in [-0.4, -0.2) is 17.3 Å². The summed E-state index contributed by atoms with van der Waals surface area (Å²) < 4.78 is 10.9. The number of halogens is 1. The van der Waals surface area contributed by atoms with Gasteiger partial charge in [-0.1, -0.05) is 21.1 Å². The first-order valence-corrected chi connectivity index (χ1v) is 5.87. The van der Waals surface area contributed by atoms with Crippen LogP contribution in [0.15, 0.2) is 33.6 Å². The van der Waals surface area contributed by atoms with Crippen LogP contribution < -0.4 is 10.1 Å². The molecule has 0 saturated heterocycles. The van der Waals surface area contributed by atoms with Crippen molar-refractivity contribution >= 4 is 15.9 Å². The number of methoxy groups -OCH3 is 1. The summed E-state index contributed by atoms with van der Waals surface area (Å²) in [5.74, 6) is 1.49. The number of nitrogens with one attached hydrogen (secondary N) is 1. The Morgan fingerprint density at radius 3 is 3.00 bits per heavy atom. The van der Waals surface area contributed by atoms with Gasteiger partial charge in [-0.05, 0) is 18.2 Å². The molecule has 0 atom stereocenters. The second-order valence-electron chi connectivity index (χ2n) is 3.41. The molecule has 0 fully saturated rings. The second-order valence-corrected chi connectivity index (χ2v) is 4.32. The molecule has 0 amide bonds. The average molecular weight is 298 g/mol. The van der Waals surface area contributed by atoms with Crippen molar-refractivity contribution in [1.82, 2.24) is 15.5 Å². The molecule has 6 heteroatoms. The molecule has 90 valence electrons. The Morgan fingerprint density at radius 1 is 1.41 bits per heavy atom. The Hall–Kier alpha value is -1.40. The Balaban J connectivity index is 1.96. The summed E-state index contributed by atoms with van der Waals surface area (Å²) in [5.41, 5.74) is 1.07. The minimum absolute atomic E-state index is 0.562. The van der Waals surface area contributed by atoms with E-state index >= 15 is 0 Å². The van der Waals surface area contributed by atoms with Gasteiger partial charge in [-0.25, -0.2) is 0 Å². The fourth-order valence-electron chi connectivity index (χ4n) is 1.46. The van der Waals surface area contributed by atoms with Gasteiger partial charge in [0.1, 0.15) is 5.75 Å². The summed E-state index contributed by atoms with van der Waals surface area (Å²) in [6.07, 6.45) is 1.32. The zero-order chi connectivity index (χ0) is 12.1. The van der Waals surface area contributed by atoms with E-state index in [1.807, 2.05) is 18.2 Å². The Bertz CT molecular complexity index is 474. The summed E-state index contributed by atoms with van der Waals surface area (Å²) in [5, 5.41) is 6.94. The number of nitrogens with zero attached hydrogens (tertiary/aromatic N) is 2. The van der Waals surface area contributed by atoms with Crippen molar-refractivity contribution in [3.8, 4) is 5.75 Å². The van der Waals surface area contributed by atoms with E-state index in [1.54, 1.807) is 7.11 Å². The molecule has 0 aliphatic rings. The van der Waals surface area contributed by atoms with Gasteiger partial charge in [0, 0.05) is 16.6 Å². The van der Waals surface area contributed by atoms with Crippen LogP contribution in [0.3, 0.4) is 0 Å². The molecule has 17 heavy (non-hydrogen) atoms. The number of hydrogen-bond acceptors (Lipinski definition) is 5. The molecule has 0 saturated carbocycles. The van der Waals surface area contributed by atoms with E-state index in [0.717, 1.165) is 15.8 Å². The first kappa shape index (κ1) is 12.1. The minimum Gasteiger partial charge on any atom is -0.496 e. The van der Waals surface area contributed by atoms with Crippen LogP contribution in [0.1, 0.15) is 11.4 Å². The van der Waals surface area contributed by atoms with E-state index in [1.165, 1.54) is 6.39 Å². The van der Waals surface area contributed by atoms with Gasteiger partial charge in [0.25, 0.3) is 0 Å². The van der Waals surface area contributed by atoms with Gasteiger partial charge < -0.3 is 14.6 Å². The fraction of sp³-hybridized carbons (Fsp3) is 0.273. The van der Waals surface area contributed by atoms with Crippen molar-refractivity contribution in [2.75, 3.05) is 7.11 Å². The molecule has 2 aromatic rings. The van der Waals surface area contributed by atoms with Crippen molar-refractivity contribution < 1.29 is 9.26 Å². The highest BCUT2D eigenvalue weighted by molar-refractivity contribution is 9.10. The molecule has 0 bridgehead atoms. The lowest BCUT2D eigenvalue weighted by atomic mass is 10.2.